The summed E-state index contributed by atoms with van der Waals surface area (Å²) in [6.45, 7) is 5.59. The van der Waals surface area contributed by atoms with Crippen LogP contribution < -0.4 is 5.32 Å². The lowest BCUT2D eigenvalue weighted by Crippen LogP contribution is -2.35. The van der Waals surface area contributed by atoms with Crippen LogP contribution in [0.4, 0.5) is 18.9 Å². The molecule has 0 bridgehead atoms. The summed E-state index contributed by atoms with van der Waals surface area (Å²) in [7, 11) is 0. The van der Waals surface area contributed by atoms with E-state index in [0.29, 0.717) is 10.9 Å². The topological polar surface area (TPSA) is 32.3 Å². The summed E-state index contributed by atoms with van der Waals surface area (Å²) < 4.78 is 39.2. The van der Waals surface area contributed by atoms with Crippen molar-refractivity contribution in [3.8, 4) is 0 Å². The van der Waals surface area contributed by atoms with Gasteiger partial charge in [0.1, 0.15) is 0 Å². The van der Waals surface area contributed by atoms with Gasteiger partial charge in [-0.05, 0) is 37.5 Å². The summed E-state index contributed by atoms with van der Waals surface area (Å²) in [6, 6.07) is 3.92. The molecule has 1 aromatic rings. The van der Waals surface area contributed by atoms with Crippen molar-refractivity contribution in [2.75, 3.05) is 11.9 Å². The van der Waals surface area contributed by atoms with Crippen LogP contribution in [0.15, 0.2) is 22.7 Å². The lowest BCUT2D eigenvalue weighted by molar-refractivity contribution is -0.137. The SMILES string of the molecule is CC(C)CC(C)(O)CNc1ccc(Br)cc1C(F)(F)F. The number of nitrogens with one attached hydrogen (secondary N) is 1. The van der Waals surface area contributed by atoms with Crippen LogP contribution in [0.25, 0.3) is 0 Å². The van der Waals surface area contributed by atoms with Gasteiger partial charge in [0.15, 0.2) is 0 Å². The van der Waals surface area contributed by atoms with E-state index in [1.807, 2.05) is 13.8 Å². The maximum absolute atomic E-state index is 12.9. The van der Waals surface area contributed by atoms with Crippen LogP contribution in [0, 0.1) is 5.92 Å². The van der Waals surface area contributed by atoms with Gasteiger partial charge in [0.25, 0.3) is 0 Å². The highest BCUT2D eigenvalue weighted by molar-refractivity contribution is 9.10. The van der Waals surface area contributed by atoms with Crippen molar-refractivity contribution in [1.29, 1.82) is 0 Å². The molecule has 20 heavy (non-hydrogen) atoms. The molecule has 114 valence electrons. The standard InChI is InChI=1S/C14H19BrF3NO/c1-9(2)7-13(3,20)8-19-12-5-4-10(15)6-11(12)14(16,17)18/h4-6,9,19-20H,7-8H2,1-3H3. The normalized spacial score (nSPS) is 15.2. The first-order chi connectivity index (χ1) is 9.01. The minimum Gasteiger partial charge on any atom is -0.388 e. The third kappa shape index (κ3) is 5.32. The zero-order chi connectivity index (χ0) is 15.6. The van der Waals surface area contributed by atoms with Gasteiger partial charge in [-0.25, -0.2) is 0 Å². The molecule has 0 radical (unpaired) electrons. The summed E-state index contributed by atoms with van der Waals surface area (Å²) in [6.07, 6.45) is -3.92. The van der Waals surface area contributed by atoms with E-state index in [1.54, 1.807) is 6.92 Å². The van der Waals surface area contributed by atoms with Crippen molar-refractivity contribution in [2.45, 2.75) is 39.0 Å². The van der Waals surface area contributed by atoms with Gasteiger partial charge < -0.3 is 10.4 Å². The number of rotatable bonds is 5. The van der Waals surface area contributed by atoms with Gasteiger partial charge in [0.05, 0.1) is 11.2 Å². The van der Waals surface area contributed by atoms with Crippen molar-refractivity contribution in [2.24, 2.45) is 5.92 Å². The lowest BCUT2D eigenvalue weighted by Gasteiger charge is -2.27. The Morgan fingerprint density at radius 1 is 1.30 bits per heavy atom. The van der Waals surface area contributed by atoms with Gasteiger partial charge in [-0.15, -0.1) is 0 Å². The highest BCUT2D eigenvalue weighted by Crippen LogP contribution is 2.36. The average Bonchev–Trinajstić information content (AvgIpc) is 2.24. The number of aliphatic hydroxyl groups is 1. The third-order valence-corrected chi connectivity index (χ3v) is 3.29. The fraction of sp³-hybridized carbons (Fsp3) is 0.571. The number of hydrogen-bond donors (Lipinski definition) is 2. The van der Waals surface area contributed by atoms with Gasteiger partial charge in [0.2, 0.25) is 0 Å². The Balaban J connectivity index is 2.88. The average molecular weight is 354 g/mol. The number of benzene rings is 1. The zero-order valence-electron chi connectivity index (χ0n) is 11.7. The van der Waals surface area contributed by atoms with Crippen LogP contribution >= 0.6 is 15.9 Å². The highest BCUT2D eigenvalue weighted by Gasteiger charge is 2.34. The van der Waals surface area contributed by atoms with E-state index in [1.165, 1.54) is 12.1 Å². The number of alkyl halides is 3. The van der Waals surface area contributed by atoms with Crippen LogP contribution in [0.5, 0.6) is 0 Å². The van der Waals surface area contributed by atoms with E-state index in [0.717, 1.165) is 6.07 Å². The summed E-state index contributed by atoms with van der Waals surface area (Å²) in [5, 5.41) is 12.8. The zero-order valence-corrected chi connectivity index (χ0v) is 13.3. The summed E-state index contributed by atoms with van der Waals surface area (Å²) in [4.78, 5) is 0. The van der Waals surface area contributed by atoms with E-state index >= 15 is 0 Å². The molecule has 6 heteroatoms. The Hall–Kier alpha value is -0.750. The Morgan fingerprint density at radius 3 is 2.40 bits per heavy atom. The van der Waals surface area contributed by atoms with Crippen molar-refractivity contribution >= 4 is 21.6 Å². The van der Waals surface area contributed by atoms with Crippen LogP contribution in [0.1, 0.15) is 32.8 Å². The van der Waals surface area contributed by atoms with Crippen molar-refractivity contribution in [3.05, 3.63) is 28.2 Å². The summed E-state index contributed by atoms with van der Waals surface area (Å²) in [5.74, 6) is 0.263. The van der Waals surface area contributed by atoms with Crippen LogP contribution in [0.2, 0.25) is 0 Å². The molecule has 1 rings (SSSR count). The molecule has 0 saturated heterocycles. The number of anilines is 1. The molecule has 2 nitrogen and oxygen atoms in total. The second-order valence-electron chi connectivity index (χ2n) is 5.64. The maximum Gasteiger partial charge on any atom is 0.418 e. The second-order valence-corrected chi connectivity index (χ2v) is 6.55. The molecule has 0 amide bonds. The van der Waals surface area contributed by atoms with E-state index in [9.17, 15) is 18.3 Å². The smallest absolute Gasteiger partial charge is 0.388 e. The molecule has 1 aromatic carbocycles. The molecule has 0 saturated carbocycles. The third-order valence-electron chi connectivity index (χ3n) is 2.79. The van der Waals surface area contributed by atoms with Gasteiger partial charge in [-0.1, -0.05) is 29.8 Å². The molecule has 0 aliphatic rings. The monoisotopic (exact) mass is 353 g/mol. The second kappa shape index (κ2) is 6.35. The lowest BCUT2D eigenvalue weighted by atomic mass is 9.94. The Labute approximate surface area is 125 Å². The fourth-order valence-electron chi connectivity index (χ4n) is 2.14. The van der Waals surface area contributed by atoms with Crippen LogP contribution in [-0.2, 0) is 6.18 Å². The number of halogens is 4. The van der Waals surface area contributed by atoms with Crippen molar-refractivity contribution in [3.63, 3.8) is 0 Å². The molecule has 0 aliphatic heterocycles. The predicted molar refractivity (Wildman–Crippen MR) is 77.7 cm³/mol. The molecule has 2 N–H and O–H groups in total. The minimum absolute atomic E-state index is 0.0234. The Kier molecular flexibility index (Phi) is 5.49. The maximum atomic E-state index is 12.9. The van der Waals surface area contributed by atoms with Crippen molar-refractivity contribution < 1.29 is 18.3 Å². The largest absolute Gasteiger partial charge is 0.418 e. The summed E-state index contributed by atoms with van der Waals surface area (Å²) in [5.41, 5.74) is -1.82. The predicted octanol–water partition coefficient (Wildman–Crippen LogP) is 4.68. The first-order valence-corrected chi connectivity index (χ1v) is 7.13. The molecular weight excluding hydrogens is 335 g/mol. The van der Waals surface area contributed by atoms with Crippen LogP contribution in [0.3, 0.4) is 0 Å². The van der Waals surface area contributed by atoms with E-state index in [4.69, 9.17) is 0 Å². The van der Waals surface area contributed by atoms with Gasteiger partial charge in [-0.2, -0.15) is 13.2 Å². The molecular formula is C14H19BrF3NO. The quantitative estimate of drug-likeness (QED) is 0.805. The van der Waals surface area contributed by atoms with E-state index in [2.05, 4.69) is 21.2 Å². The molecule has 1 unspecified atom stereocenters. The first-order valence-electron chi connectivity index (χ1n) is 6.34. The summed E-state index contributed by atoms with van der Waals surface area (Å²) >= 11 is 3.03. The molecule has 0 fully saturated rings. The molecule has 0 heterocycles. The first kappa shape index (κ1) is 17.3. The Morgan fingerprint density at radius 2 is 1.90 bits per heavy atom. The fourth-order valence-corrected chi connectivity index (χ4v) is 2.50. The van der Waals surface area contributed by atoms with E-state index in [-0.39, 0.29) is 18.2 Å². The Bertz CT molecular complexity index is 458. The number of hydrogen-bond acceptors (Lipinski definition) is 2. The van der Waals surface area contributed by atoms with Crippen molar-refractivity contribution in [1.82, 2.24) is 0 Å². The molecule has 0 aliphatic carbocycles. The molecule has 0 aromatic heterocycles. The van der Waals surface area contributed by atoms with Gasteiger partial charge in [0, 0.05) is 16.7 Å². The molecule has 0 spiro atoms. The van der Waals surface area contributed by atoms with Gasteiger partial charge >= 0.3 is 6.18 Å². The van der Waals surface area contributed by atoms with Gasteiger partial charge in [-0.3, -0.25) is 0 Å². The minimum atomic E-state index is -4.43. The highest BCUT2D eigenvalue weighted by atomic mass is 79.9. The molecule has 1 atom stereocenters. The van der Waals surface area contributed by atoms with Crippen LogP contribution in [-0.4, -0.2) is 17.3 Å². The van der Waals surface area contributed by atoms with E-state index < -0.39 is 17.3 Å².